The van der Waals surface area contributed by atoms with Crippen molar-refractivity contribution in [2.75, 3.05) is 26.2 Å². The van der Waals surface area contributed by atoms with Crippen molar-refractivity contribution in [1.29, 1.82) is 0 Å². The molecule has 1 saturated heterocycles. The van der Waals surface area contributed by atoms with Crippen molar-refractivity contribution in [1.82, 2.24) is 29.7 Å². The van der Waals surface area contributed by atoms with Gasteiger partial charge in [0.05, 0.1) is 6.42 Å². The topological polar surface area (TPSA) is 97.4 Å². The van der Waals surface area contributed by atoms with Gasteiger partial charge in [-0.15, -0.1) is 0 Å². The molecule has 9 nitrogen and oxygen atoms in total. The number of amides is 2. The summed E-state index contributed by atoms with van der Waals surface area (Å²) in [5.41, 5.74) is 1.21. The molecular weight excluding hydrogens is 348 g/mol. The molecule has 146 valence electrons. The van der Waals surface area contributed by atoms with Crippen molar-refractivity contribution in [2.45, 2.75) is 46.1 Å². The molecule has 3 heterocycles. The molecule has 0 aromatic carbocycles. The Bertz CT molecular complexity index is 799. The van der Waals surface area contributed by atoms with Gasteiger partial charge in [-0.1, -0.05) is 10.3 Å². The molecule has 0 bridgehead atoms. The zero-order valence-electron chi connectivity index (χ0n) is 16.1. The van der Waals surface area contributed by atoms with Crippen molar-refractivity contribution >= 4 is 11.8 Å². The number of aryl methyl sites for hydroxylation is 2. The van der Waals surface area contributed by atoms with Crippen LogP contribution in [0.4, 0.5) is 0 Å². The second-order valence-electron chi connectivity index (χ2n) is 7.02. The highest BCUT2D eigenvalue weighted by Gasteiger charge is 2.24. The largest absolute Gasteiger partial charge is 0.341 e. The molecule has 1 fully saturated rings. The van der Waals surface area contributed by atoms with Gasteiger partial charge in [0.2, 0.25) is 11.8 Å². The zero-order chi connectivity index (χ0) is 19.4. The van der Waals surface area contributed by atoms with E-state index in [1.54, 1.807) is 18.0 Å². The van der Waals surface area contributed by atoms with Crippen LogP contribution in [0.5, 0.6) is 0 Å². The SMILES string of the molecule is Cc1nonc1CC(=O)N1CCCN(C(=O)CC(C)n2ccnc2C)CC1. The Hall–Kier alpha value is -2.71. The molecule has 9 heteroatoms. The maximum absolute atomic E-state index is 12.7. The van der Waals surface area contributed by atoms with Crippen LogP contribution in [0.1, 0.15) is 43.0 Å². The third-order valence-electron chi connectivity index (χ3n) is 5.07. The van der Waals surface area contributed by atoms with E-state index in [1.165, 1.54) is 0 Å². The summed E-state index contributed by atoms with van der Waals surface area (Å²) in [6.07, 6.45) is 5.02. The van der Waals surface area contributed by atoms with Crippen LogP contribution in [0.15, 0.2) is 17.0 Å². The van der Waals surface area contributed by atoms with Gasteiger partial charge in [-0.2, -0.15) is 0 Å². The van der Waals surface area contributed by atoms with Gasteiger partial charge >= 0.3 is 0 Å². The Morgan fingerprint density at radius 3 is 2.41 bits per heavy atom. The van der Waals surface area contributed by atoms with Crippen molar-refractivity contribution < 1.29 is 14.2 Å². The smallest absolute Gasteiger partial charge is 0.228 e. The average molecular weight is 374 g/mol. The van der Waals surface area contributed by atoms with E-state index in [0.717, 1.165) is 12.2 Å². The maximum atomic E-state index is 12.7. The molecule has 0 saturated carbocycles. The quantitative estimate of drug-likeness (QED) is 0.778. The minimum Gasteiger partial charge on any atom is -0.341 e. The highest BCUT2D eigenvalue weighted by molar-refractivity contribution is 5.79. The number of aromatic nitrogens is 4. The predicted octanol–water partition coefficient (Wildman–Crippen LogP) is 1.14. The predicted molar refractivity (Wildman–Crippen MR) is 96.8 cm³/mol. The Kier molecular flexibility index (Phi) is 5.88. The lowest BCUT2D eigenvalue weighted by molar-refractivity contribution is -0.133. The van der Waals surface area contributed by atoms with E-state index in [-0.39, 0.29) is 24.3 Å². The molecule has 1 unspecified atom stereocenters. The van der Waals surface area contributed by atoms with Crippen LogP contribution in [0, 0.1) is 13.8 Å². The van der Waals surface area contributed by atoms with Crippen molar-refractivity contribution in [3.05, 3.63) is 29.6 Å². The van der Waals surface area contributed by atoms with Crippen molar-refractivity contribution in [2.24, 2.45) is 0 Å². The lowest BCUT2D eigenvalue weighted by Crippen LogP contribution is -2.38. The van der Waals surface area contributed by atoms with E-state index in [4.69, 9.17) is 0 Å². The molecule has 2 aromatic rings. The Morgan fingerprint density at radius 2 is 1.81 bits per heavy atom. The van der Waals surface area contributed by atoms with Crippen molar-refractivity contribution in [3.8, 4) is 0 Å². The number of rotatable bonds is 5. The molecular formula is C18H26N6O3. The number of imidazole rings is 1. The Labute approximate surface area is 158 Å². The molecule has 0 aliphatic carbocycles. The summed E-state index contributed by atoms with van der Waals surface area (Å²) in [5, 5.41) is 7.48. The van der Waals surface area contributed by atoms with Gasteiger partial charge in [-0.3, -0.25) is 9.59 Å². The van der Waals surface area contributed by atoms with Crippen LogP contribution in [-0.2, 0) is 16.0 Å². The summed E-state index contributed by atoms with van der Waals surface area (Å²) in [6.45, 7) is 8.12. The average Bonchev–Trinajstić information content (AvgIpc) is 3.14. The van der Waals surface area contributed by atoms with Crippen LogP contribution in [0.2, 0.25) is 0 Å². The second-order valence-corrected chi connectivity index (χ2v) is 7.02. The highest BCUT2D eigenvalue weighted by atomic mass is 16.6. The van der Waals surface area contributed by atoms with E-state index >= 15 is 0 Å². The first-order chi connectivity index (χ1) is 13.0. The summed E-state index contributed by atoms with van der Waals surface area (Å²) >= 11 is 0. The molecule has 0 spiro atoms. The monoisotopic (exact) mass is 374 g/mol. The number of hydrogen-bond acceptors (Lipinski definition) is 6. The van der Waals surface area contributed by atoms with E-state index in [0.29, 0.717) is 44.0 Å². The summed E-state index contributed by atoms with van der Waals surface area (Å²) < 4.78 is 6.67. The summed E-state index contributed by atoms with van der Waals surface area (Å²) in [6, 6.07) is 0.0589. The molecule has 0 N–H and O–H groups in total. The standard InChI is InChI=1S/C18H26N6O3/c1-13(24-8-5-19-15(24)3)11-17(25)22-6-4-7-23(10-9-22)18(26)12-16-14(2)20-27-21-16/h5,8,13H,4,6-7,9-12H2,1-3H3. The fourth-order valence-electron chi connectivity index (χ4n) is 3.41. The molecule has 0 radical (unpaired) electrons. The Morgan fingerprint density at radius 1 is 1.11 bits per heavy atom. The molecule has 1 aliphatic rings. The van der Waals surface area contributed by atoms with E-state index in [2.05, 4.69) is 19.9 Å². The minimum atomic E-state index is -0.00879. The van der Waals surface area contributed by atoms with Gasteiger partial charge in [-0.25, -0.2) is 9.61 Å². The van der Waals surface area contributed by atoms with Crippen LogP contribution >= 0.6 is 0 Å². The highest BCUT2D eigenvalue weighted by Crippen LogP contribution is 2.16. The molecule has 3 rings (SSSR count). The van der Waals surface area contributed by atoms with Gasteiger partial charge in [0.15, 0.2) is 0 Å². The maximum Gasteiger partial charge on any atom is 0.228 e. The van der Waals surface area contributed by atoms with E-state index in [1.807, 2.05) is 29.5 Å². The first kappa shape index (κ1) is 19.1. The number of carbonyl (C=O) groups is 2. The lowest BCUT2D eigenvalue weighted by Gasteiger charge is -2.24. The van der Waals surface area contributed by atoms with Crippen LogP contribution in [0.25, 0.3) is 0 Å². The first-order valence-corrected chi connectivity index (χ1v) is 9.28. The van der Waals surface area contributed by atoms with Gasteiger partial charge in [0, 0.05) is 51.0 Å². The Balaban J connectivity index is 1.53. The molecule has 2 amide bonds. The van der Waals surface area contributed by atoms with Gasteiger partial charge < -0.3 is 14.4 Å². The normalized spacial score (nSPS) is 16.3. The summed E-state index contributed by atoms with van der Waals surface area (Å²) in [5.74, 6) is 1.01. The fraction of sp³-hybridized carbons (Fsp3) is 0.611. The zero-order valence-corrected chi connectivity index (χ0v) is 16.1. The molecule has 1 aliphatic heterocycles. The molecule has 2 aromatic heterocycles. The second kappa shape index (κ2) is 8.32. The van der Waals surface area contributed by atoms with Crippen molar-refractivity contribution in [3.63, 3.8) is 0 Å². The number of hydrogen-bond donors (Lipinski definition) is 0. The number of carbonyl (C=O) groups excluding carboxylic acids is 2. The van der Waals surface area contributed by atoms with Crippen LogP contribution < -0.4 is 0 Å². The van der Waals surface area contributed by atoms with E-state index < -0.39 is 0 Å². The lowest BCUT2D eigenvalue weighted by atomic mass is 10.2. The van der Waals surface area contributed by atoms with Crippen LogP contribution in [0.3, 0.4) is 0 Å². The fourth-order valence-corrected chi connectivity index (χ4v) is 3.41. The third kappa shape index (κ3) is 4.53. The minimum absolute atomic E-state index is 0.00879. The van der Waals surface area contributed by atoms with Crippen LogP contribution in [-0.4, -0.2) is 67.7 Å². The van der Waals surface area contributed by atoms with Gasteiger partial charge in [-0.05, 0) is 27.2 Å². The molecule has 1 atom stereocenters. The third-order valence-corrected chi connectivity index (χ3v) is 5.07. The first-order valence-electron chi connectivity index (χ1n) is 9.28. The summed E-state index contributed by atoms with van der Waals surface area (Å²) in [4.78, 5) is 33.1. The van der Waals surface area contributed by atoms with Gasteiger partial charge in [0.25, 0.3) is 0 Å². The van der Waals surface area contributed by atoms with E-state index in [9.17, 15) is 9.59 Å². The number of nitrogens with zero attached hydrogens (tertiary/aromatic N) is 6. The molecule has 27 heavy (non-hydrogen) atoms. The summed E-state index contributed by atoms with van der Waals surface area (Å²) in [7, 11) is 0. The van der Waals surface area contributed by atoms with Gasteiger partial charge in [0.1, 0.15) is 17.2 Å².